The van der Waals surface area contributed by atoms with Gasteiger partial charge in [-0.1, -0.05) is 36.4 Å². The van der Waals surface area contributed by atoms with Crippen LogP contribution in [0.4, 0.5) is 0 Å². The van der Waals surface area contributed by atoms with Gasteiger partial charge in [-0.05, 0) is 48.9 Å². The van der Waals surface area contributed by atoms with Crippen LogP contribution in [-0.4, -0.2) is 31.1 Å². The molecule has 0 spiro atoms. The smallest absolute Gasteiger partial charge is 0.254 e. The highest BCUT2D eigenvalue weighted by atomic mass is 16.5. The van der Waals surface area contributed by atoms with Crippen LogP contribution in [-0.2, 0) is 16.1 Å². The molecule has 0 bridgehead atoms. The van der Waals surface area contributed by atoms with E-state index < -0.39 is 12.3 Å². The zero-order chi connectivity index (χ0) is 21.8. The van der Waals surface area contributed by atoms with Gasteiger partial charge in [-0.25, -0.2) is 0 Å². The first-order chi connectivity index (χ1) is 15.1. The van der Waals surface area contributed by atoms with E-state index in [1.807, 2.05) is 72.8 Å². The van der Waals surface area contributed by atoms with Gasteiger partial charge < -0.3 is 23.8 Å². The Morgan fingerprint density at radius 1 is 0.839 bits per heavy atom. The molecule has 3 aromatic carbocycles. The van der Waals surface area contributed by atoms with Gasteiger partial charge in [0, 0.05) is 6.54 Å². The van der Waals surface area contributed by atoms with E-state index >= 15 is 0 Å². The fourth-order valence-electron chi connectivity index (χ4n) is 3.67. The van der Waals surface area contributed by atoms with Crippen LogP contribution < -0.4 is 14.2 Å². The number of ether oxygens (including phenoxy) is 4. The minimum atomic E-state index is -0.603. The number of hydrogen-bond donors (Lipinski definition) is 0. The van der Waals surface area contributed by atoms with E-state index in [-0.39, 0.29) is 5.91 Å². The number of para-hydroxylation sites is 1. The summed E-state index contributed by atoms with van der Waals surface area (Å²) in [6.45, 7) is 2.15. The fraction of sp³-hybridized carbons (Fsp3) is 0.240. The number of nitrogens with zero attached hydrogens (tertiary/aromatic N) is 1. The lowest BCUT2D eigenvalue weighted by atomic mass is 10.1. The van der Waals surface area contributed by atoms with Crippen molar-refractivity contribution in [2.24, 2.45) is 0 Å². The Balaban J connectivity index is 1.57. The van der Waals surface area contributed by atoms with E-state index in [2.05, 4.69) is 0 Å². The molecule has 1 aliphatic rings. The molecule has 1 heterocycles. The Morgan fingerprint density at radius 2 is 1.45 bits per heavy atom. The van der Waals surface area contributed by atoms with Crippen LogP contribution in [0.2, 0.25) is 0 Å². The lowest BCUT2D eigenvalue weighted by Gasteiger charge is -2.26. The van der Waals surface area contributed by atoms with Gasteiger partial charge in [0.25, 0.3) is 5.91 Å². The fourth-order valence-corrected chi connectivity index (χ4v) is 3.67. The van der Waals surface area contributed by atoms with Crippen LogP contribution in [0.1, 0.15) is 24.3 Å². The highest BCUT2D eigenvalue weighted by molar-refractivity contribution is 5.83. The molecule has 2 atom stereocenters. The monoisotopic (exact) mass is 419 g/mol. The maximum atomic E-state index is 12.9. The average Bonchev–Trinajstić information content (AvgIpc) is 3.08. The summed E-state index contributed by atoms with van der Waals surface area (Å²) in [6.07, 6.45) is -1.16. The number of amides is 1. The molecular formula is C25H25NO5. The molecule has 6 heteroatoms. The molecule has 0 aromatic heterocycles. The molecule has 6 nitrogen and oxygen atoms in total. The van der Waals surface area contributed by atoms with E-state index in [1.165, 1.54) is 0 Å². The van der Waals surface area contributed by atoms with Crippen molar-refractivity contribution in [1.82, 2.24) is 4.90 Å². The number of benzene rings is 3. The van der Waals surface area contributed by atoms with Gasteiger partial charge in [-0.15, -0.1) is 0 Å². The second-order valence-electron chi connectivity index (χ2n) is 7.23. The van der Waals surface area contributed by atoms with Crippen LogP contribution in [0.15, 0.2) is 72.8 Å². The predicted molar refractivity (Wildman–Crippen MR) is 116 cm³/mol. The maximum Gasteiger partial charge on any atom is 0.254 e. The van der Waals surface area contributed by atoms with E-state index in [0.717, 1.165) is 17.1 Å². The predicted octanol–water partition coefficient (Wildman–Crippen LogP) is 4.94. The van der Waals surface area contributed by atoms with Crippen LogP contribution in [0.3, 0.4) is 0 Å². The number of rotatable bonds is 7. The molecule has 1 amide bonds. The summed E-state index contributed by atoms with van der Waals surface area (Å²) in [5, 5.41) is 0. The minimum Gasteiger partial charge on any atom is -0.496 e. The third kappa shape index (κ3) is 4.34. The van der Waals surface area contributed by atoms with Gasteiger partial charge in [0.2, 0.25) is 0 Å². The summed E-state index contributed by atoms with van der Waals surface area (Å²) >= 11 is 0. The Labute approximate surface area is 181 Å². The maximum absolute atomic E-state index is 12.9. The van der Waals surface area contributed by atoms with Gasteiger partial charge in [-0.3, -0.25) is 4.79 Å². The van der Waals surface area contributed by atoms with Crippen LogP contribution >= 0.6 is 0 Å². The number of carbonyl (C=O) groups excluding carboxylic acids is 1. The molecule has 0 aliphatic carbocycles. The van der Waals surface area contributed by atoms with Crippen molar-refractivity contribution >= 4 is 5.91 Å². The Morgan fingerprint density at radius 3 is 2.06 bits per heavy atom. The summed E-state index contributed by atoms with van der Waals surface area (Å²) < 4.78 is 22.9. The molecule has 160 valence electrons. The van der Waals surface area contributed by atoms with Crippen molar-refractivity contribution in [3.8, 4) is 23.0 Å². The van der Waals surface area contributed by atoms with Crippen LogP contribution in [0, 0.1) is 0 Å². The number of carbonyl (C=O) groups is 1. The topological polar surface area (TPSA) is 57.2 Å². The molecule has 0 saturated carbocycles. The molecule has 0 radical (unpaired) electrons. The Hall–Kier alpha value is -3.51. The minimum absolute atomic E-state index is 0.0810. The highest BCUT2D eigenvalue weighted by Crippen LogP contribution is 2.42. The van der Waals surface area contributed by atoms with Crippen molar-refractivity contribution in [3.05, 3.63) is 83.9 Å². The van der Waals surface area contributed by atoms with Crippen molar-refractivity contribution < 1.29 is 23.7 Å². The van der Waals surface area contributed by atoms with Gasteiger partial charge in [0.1, 0.15) is 29.1 Å². The first-order valence-electron chi connectivity index (χ1n) is 10.1. The zero-order valence-electron chi connectivity index (χ0n) is 17.8. The molecule has 3 aromatic rings. The summed E-state index contributed by atoms with van der Waals surface area (Å²) in [7, 11) is 3.18. The van der Waals surface area contributed by atoms with Gasteiger partial charge in [-0.2, -0.15) is 0 Å². The molecule has 4 rings (SSSR count). The second kappa shape index (κ2) is 9.10. The molecule has 1 saturated heterocycles. The first-order valence-corrected chi connectivity index (χ1v) is 10.1. The average molecular weight is 419 g/mol. The lowest BCUT2D eigenvalue weighted by molar-refractivity contribution is -0.130. The van der Waals surface area contributed by atoms with Gasteiger partial charge in [0.15, 0.2) is 6.23 Å². The van der Waals surface area contributed by atoms with E-state index in [9.17, 15) is 4.79 Å². The Bertz CT molecular complexity index is 1010. The SMILES string of the molecule is COc1cccc(OC)c1[C@H]1OC(C)C(=O)N1Cc1ccc(Oc2ccccc2)cc1. The third-order valence-electron chi connectivity index (χ3n) is 5.22. The summed E-state index contributed by atoms with van der Waals surface area (Å²) in [5.41, 5.74) is 1.67. The highest BCUT2D eigenvalue weighted by Gasteiger charge is 2.41. The molecule has 0 N–H and O–H groups in total. The molecule has 1 fully saturated rings. The second-order valence-corrected chi connectivity index (χ2v) is 7.23. The van der Waals surface area contributed by atoms with Crippen LogP contribution in [0.5, 0.6) is 23.0 Å². The zero-order valence-corrected chi connectivity index (χ0v) is 17.8. The standard InChI is InChI=1S/C25H25NO5/c1-17-24(27)26(25(30-17)23-21(28-2)10-7-11-22(23)29-3)16-18-12-14-20(15-13-18)31-19-8-5-4-6-9-19/h4-15,17,25H,16H2,1-3H3/t17?,25-/m1/s1. The molecule has 1 unspecified atom stereocenters. The van der Waals surface area contributed by atoms with Gasteiger partial charge in [0.05, 0.1) is 19.8 Å². The Kier molecular flexibility index (Phi) is 6.09. The lowest BCUT2D eigenvalue weighted by Crippen LogP contribution is -2.30. The van der Waals surface area contributed by atoms with Crippen molar-refractivity contribution in [3.63, 3.8) is 0 Å². The number of methoxy groups -OCH3 is 2. The largest absolute Gasteiger partial charge is 0.496 e. The van der Waals surface area contributed by atoms with Crippen molar-refractivity contribution in [2.75, 3.05) is 14.2 Å². The third-order valence-corrected chi connectivity index (χ3v) is 5.22. The van der Waals surface area contributed by atoms with E-state index in [1.54, 1.807) is 26.0 Å². The molecular weight excluding hydrogens is 394 g/mol. The normalized spacial score (nSPS) is 18.2. The first kappa shape index (κ1) is 20.8. The summed E-state index contributed by atoms with van der Waals surface area (Å²) in [4.78, 5) is 14.6. The molecule has 1 aliphatic heterocycles. The summed E-state index contributed by atoms with van der Waals surface area (Å²) in [6, 6.07) is 22.8. The van der Waals surface area contributed by atoms with Crippen LogP contribution in [0.25, 0.3) is 0 Å². The molecule has 31 heavy (non-hydrogen) atoms. The van der Waals surface area contributed by atoms with E-state index in [0.29, 0.717) is 23.6 Å². The number of hydrogen-bond acceptors (Lipinski definition) is 5. The van der Waals surface area contributed by atoms with E-state index in [4.69, 9.17) is 18.9 Å². The van der Waals surface area contributed by atoms with Gasteiger partial charge >= 0.3 is 0 Å². The summed E-state index contributed by atoms with van der Waals surface area (Å²) in [5.74, 6) is 2.65. The quantitative estimate of drug-likeness (QED) is 0.543. The van der Waals surface area contributed by atoms with Crippen molar-refractivity contribution in [2.45, 2.75) is 25.8 Å². The van der Waals surface area contributed by atoms with Crippen molar-refractivity contribution in [1.29, 1.82) is 0 Å².